The van der Waals surface area contributed by atoms with Crippen LogP contribution in [-0.4, -0.2) is 24.0 Å². The quantitative estimate of drug-likeness (QED) is 0.616. The van der Waals surface area contributed by atoms with Crippen LogP contribution in [0.25, 0.3) is 0 Å². The van der Waals surface area contributed by atoms with Gasteiger partial charge in [0.2, 0.25) is 0 Å². The zero-order valence-corrected chi connectivity index (χ0v) is 9.39. The number of hydrogen-bond donors (Lipinski definition) is 1. The number of hydrogen-bond acceptors (Lipinski definition) is 3. The van der Waals surface area contributed by atoms with Crippen molar-refractivity contribution in [3.63, 3.8) is 0 Å². The van der Waals surface area contributed by atoms with Gasteiger partial charge >= 0.3 is 0 Å². The summed E-state index contributed by atoms with van der Waals surface area (Å²) in [5.74, 6) is 0. The maximum atomic E-state index is 8.54. The number of piperidine rings is 1. The van der Waals surface area contributed by atoms with Crippen molar-refractivity contribution in [1.82, 2.24) is 10.2 Å². The molecule has 1 aliphatic rings. The van der Waals surface area contributed by atoms with Crippen molar-refractivity contribution in [2.24, 2.45) is 0 Å². The van der Waals surface area contributed by atoms with Crippen LogP contribution in [0.1, 0.15) is 18.4 Å². The molecule has 16 heavy (non-hydrogen) atoms. The Kier molecular flexibility index (Phi) is 3.79. The Hall–Kier alpha value is -1.53. The van der Waals surface area contributed by atoms with Gasteiger partial charge in [0.25, 0.3) is 0 Å². The van der Waals surface area contributed by atoms with E-state index in [1.165, 1.54) is 5.56 Å². The molecule has 0 unspecified atom stereocenters. The summed E-state index contributed by atoms with van der Waals surface area (Å²) in [7, 11) is 0. The molecule has 1 aromatic rings. The van der Waals surface area contributed by atoms with Crippen molar-refractivity contribution in [3.8, 4) is 6.19 Å². The van der Waals surface area contributed by atoms with Crippen LogP contribution in [-0.2, 0) is 6.54 Å². The van der Waals surface area contributed by atoms with E-state index in [0.29, 0.717) is 6.04 Å². The molecule has 0 spiro atoms. The highest BCUT2D eigenvalue weighted by Gasteiger charge is 2.18. The van der Waals surface area contributed by atoms with Crippen molar-refractivity contribution in [2.75, 3.05) is 13.1 Å². The van der Waals surface area contributed by atoms with Crippen LogP contribution in [0.3, 0.4) is 0 Å². The van der Waals surface area contributed by atoms with E-state index in [9.17, 15) is 0 Å². The number of nitrogens with zero attached hydrogens (tertiary/aromatic N) is 2. The number of nitriles is 1. The summed E-state index contributed by atoms with van der Waals surface area (Å²) in [6.45, 7) is 3.18. The van der Waals surface area contributed by atoms with Gasteiger partial charge in [0.15, 0.2) is 6.19 Å². The van der Waals surface area contributed by atoms with Crippen LogP contribution in [0.2, 0.25) is 0 Å². The summed E-state index contributed by atoms with van der Waals surface area (Å²) >= 11 is 0. The monoisotopic (exact) mass is 215 g/mol. The normalized spacial score (nSPS) is 17.9. The van der Waals surface area contributed by atoms with Crippen LogP contribution in [0.15, 0.2) is 30.3 Å². The Labute approximate surface area is 96.7 Å². The fourth-order valence-electron chi connectivity index (χ4n) is 2.17. The Morgan fingerprint density at radius 3 is 2.56 bits per heavy atom. The van der Waals surface area contributed by atoms with Crippen molar-refractivity contribution in [2.45, 2.75) is 25.4 Å². The zero-order chi connectivity index (χ0) is 11.2. The number of nitrogens with one attached hydrogen (secondary N) is 1. The standard InChI is InChI=1S/C13H17N3/c14-11-15-13-6-8-16(9-7-13)10-12-4-2-1-3-5-12/h1-5,13,15H,6-10H2. The summed E-state index contributed by atoms with van der Waals surface area (Å²) in [6.07, 6.45) is 4.17. The molecule has 1 aliphatic heterocycles. The van der Waals surface area contributed by atoms with E-state index in [1.54, 1.807) is 0 Å². The first-order valence-corrected chi connectivity index (χ1v) is 5.79. The van der Waals surface area contributed by atoms with E-state index in [-0.39, 0.29) is 0 Å². The molecule has 0 aromatic heterocycles. The molecule has 3 heteroatoms. The molecule has 0 radical (unpaired) electrons. The summed E-state index contributed by atoms with van der Waals surface area (Å²) in [5, 5.41) is 11.4. The number of likely N-dealkylation sites (tertiary alicyclic amines) is 1. The molecule has 0 atom stereocenters. The van der Waals surface area contributed by atoms with E-state index in [4.69, 9.17) is 5.26 Å². The molecule has 0 amide bonds. The van der Waals surface area contributed by atoms with Crippen molar-refractivity contribution in [1.29, 1.82) is 5.26 Å². The smallest absolute Gasteiger partial charge is 0.176 e. The molecule has 0 bridgehead atoms. The van der Waals surface area contributed by atoms with Gasteiger partial charge in [0, 0.05) is 25.7 Å². The minimum atomic E-state index is 0.386. The Bertz CT molecular complexity index is 347. The lowest BCUT2D eigenvalue weighted by Gasteiger charge is -2.31. The van der Waals surface area contributed by atoms with Crippen molar-refractivity contribution in [3.05, 3.63) is 35.9 Å². The number of benzene rings is 1. The van der Waals surface area contributed by atoms with Crippen LogP contribution in [0.5, 0.6) is 0 Å². The summed E-state index contributed by atoms with van der Waals surface area (Å²) in [4.78, 5) is 2.45. The van der Waals surface area contributed by atoms with Gasteiger partial charge < -0.3 is 5.32 Å². The molecule has 2 rings (SSSR count). The molecule has 1 heterocycles. The first-order valence-electron chi connectivity index (χ1n) is 5.79. The topological polar surface area (TPSA) is 39.1 Å². The minimum Gasteiger partial charge on any atom is -0.321 e. The predicted molar refractivity (Wildman–Crippen MR) is 63.5 cm³/mol. The maximum Gasteiger partial charge on any atom is 0.176 e. The first-order chi connectivity index (χ1) is 7.88. The van der Waals surface area contributed by atoms with Crippen LogP contribution < -0.4 is 5.32 Å². The molecule has 84 valence electrons. The lowest BCUT2D eigenvalue weighted by molar-refractivity contribution is 0.197. The second-order valence-electron chi connectivity index (χ2n) is 4.29. The highest BCUT2D eigenvalue weighted by atomic mass is 15.1. The predicted octanol–water partition coefficient (Wildman–Crippen LogP) is 1.72. The fraction of sp³-hybridized carbons (Fsp3) is 0.462. The average Bonchev–Trinajstić information content (AvgIpc) is 2.33. The summed E-state index contributed by atoms with van der Waals surface area (Å²) in [5.41, 5.74) is 1.37. The van der Waals surface area contributed by atoms with Gasteiger partial charge in [-0.15, -0.1) is 0 Å². The van der Waals surface area contributed by atoms with E-state index in [0.717, 1.165) is 32.5 Å². The molecule has 1 fully saturated rings. The second-order valence-corrected chi connectivity index (χ2v) is 4.29. The Morgan fingerprint density at radius 1 is 1.25 bits per heavy atom. The van der Waals surface area contributed by atoms with Gasteiger partial charge in [-0.05, 0) is 18.4 Å². The van der Waals surface area contributed by atoms with Gasteiger partial charge in [0.05, 0.1) is 0 Å². The molecule has 1 N–H and O–H groups in total. The molecule has 0 aliphatic carbocycles. The summed E-state index contributed by atoms with van der Waals surface area (Å²) < 4.78 is 0. The van der Waals surface area contributed by atoms with Gasteiger partial charge in [-0.25, -0.2) is 0 Å². The average molecular weight is 215 g/mol. The Balaban J connectivity index is 1.80. The van der Waals surface area contributed by atoms with Crippen LogP contribution in [0, 0.1) is 11.5 Å². The van der Waals surface area contributed by atoms with Crippen LogP contribution in [0.4, 0.5) is 0 Å². The molecule has 3 nitrogen and oxygen atoms in total. The largest absolute Gasteiger partial charge is 0.321 e. The zero-order valence-electron chi connectivity index (χ0n) is 9.39. The maximum absolute atomic E-state index is 8.54. The SMILES string of the molecule is N#CNC1CCN(Cc2ccccc2)CC1. The van der Waals surface area contributed by atoms with E-state index in [1.807, 2.05) is 12.3 Å². The molecule has 1 aromatic carbocycles. The third kappa shape index (κ3) is 2.98. The lowest BCUT2D eigenvalue weighted by atomic mass is 10.0. The Morgan fingerprint density at radius 2 is 1.94 bits per heavy atom. The molecule has 0 saturated carbocycles. The minimum absolute atomic E-state index is 0.386. The third-order valence-corrected chi connectivity index (χ3v) is 3.11. The molecular weight excluding hydrogens is 198 g/mol. The van der Waals surface area contributed by atoms with Crippen LogP contribution >= 0.6 is 0 Å². The van der Waals surface area contributed by atoms with Gasteiger partial charge in [-0.3, -0.25) is 4.90 Å². The number of rotatable bonds is 3. The summed E-state index contributed by atoms with van der Waals surface area (Å²) in [6, 6.07) is 10.9. The van der Waals surface area contributed by atoms with E-state index in [2.05, 4.69) is 34.5 Å². The highest BCUT2D eigenvalue weighted by Crippen LogP contribution is 2.13. The van der Waals surface area contributed by atoms with Gasteiger partial charge in [0.1, 0.15) is 0 Å². The van der Waals surface area contributed by atoms with Gasteiger partial charge in [-0.1, -0.05) is 30.3 Å². The van der Waals surface area contributed by atoms with Crippen molar-refractivity contribution >= 4 is 0 Å². The van der Waals surface area contributed by atoms with E-state index < -0.39 is 0 Å². The van der Waals surface area contributed by atoms with E-state index >= 15 is 0 Å². The first kappa shape index (κ1) is 11.0. The van der Waals surface area contributed by atoms with Crippen molar-refractivity contribution < 1.29 is 0 Å². The molecular formula is C13H17N3. The lowest BCUT2D eigenvalue weighted by Crippen LogP contribution is -2.40. The van der Waals surface area contributed by atoms with Gasteiger partial charge in [-0.2, -0.15) is 5.26 Å². The fourth-order valence-corrected chi connectivity index (χ4v) is 2.17. The highest BCUT2D eigenvalue weighted by molar-refractivity contribution is 5.14. The second kappa shape index (κ2) is 5.53. The third-order valence-electron chi connectivity index (χ3n) is 3.11. The molecule has 1 saturated heterocycles.